The molecule has 0 saturated carbocycles. The van der Waals surface area contributed by atoms with E-state index in [4.69, 9.17) is 4.74 Å². The first-order chi connectivity index (χ1) is 14.9. The Hall–Kier alpha value is -3.11. The second-order valence-electron chi connectivity index (χ2n) is 7.35. The predicted octanol–water partition coefficient (Wildman–Crippen LogP) is 1.91. The van der Waals surface area contributed by atoms with E-state index in [1.165, 1.54) is 46.4 Å². The highest BCUT2D eigenvalue weighted by Gasteiger charge is 2.38. The number of benzene rings is 1. The lowest BCUT2D eigenvalue weighted by Crippen LogP contribution is -2.36. The van der Waals surface area contributed by atoms with Crippen LogP contribution in [0.4, 0.5) is 5.13 Å². The van der Waals surface area contributed by atoms with Crippen molar-refractivity contribution in [3.63, 3.8) is 0 Å². The van der Waals surface area contributed by atoms with Gasteiger partial charge < -0.3 is 9.47 Å². The van der Waals surface area contributed by atoms with Gasteiger partial charge in [0.25, 0.3) is 17.7 Å². The van der Waals surface area contributed by atoms with Crippen molar-refractivity contribution >= 4 is 40.2 Å². The summed E-state index contributed by atoms with van der Waals surface area (Å²) in [4.78, 5) is 56.7. The first-order valence-corrected chi connectivity index (χ1v) is 10.7. The van der Waals surface area contributed by atoms with Gasteiger partial charge in [0.15, 0.2) is 5.13 Å². The number of rotatable bonds is 6. The van der Waals surface area contributed by atoms with Gasteiger partial charge >= 0.3 is 5.97 Å². The molecule has 1 atom stereocenters. The second-order valence-corrected chi connectivity index (χ2v) is 8.19. The summed E-state index contributed by atoms with van der Waals surface area (Å²) < 4.78 is 10.2. The number of imide groups is 1. The fourth-order valence-electron chi connectivity index (χ4n) is 3.61. The van der Waals surface area contributed by atoms with Gasteiger partial charge in [-0.3, -0.25) is 29.0 Å². The van der Waals surface area contributed by atoms with Crippen LogP contribution in [-0.2, 0) is 20.7 Å². The molecule has 9 nitrogen and oxygen atoms in total. The van der Waals surface area contributed by atoms with Gasteiger partial charge in [-0.05, 0) is 31.0 Å². The maximum Gasteiger partial charge on any atom is 0.311 e. The number of nitrogens with zero attached hydrogens (tertiary/aromatic N) is 3. The van der Waals surface area contributed by atoms with Gasteiger partial charge in [-0.2, -0.15) is 0 Å². The van der Waals surface area contributed by atoms with Gasteiger partial charge in [-0.25, -0.2) is 4.98 Å². The molecule has 1 aromatic heterocycles. The highest BCUT2D eigenvalue weighted by atomic mass is 32.1. The lowest BCUT2D eigenvalue weighted by molar-refractivity contribution is -0.139. The zero-order chi connectivity index (χ0) is 22.1. The molecule has 10 heteroatoms. The number of carbonyl (C=O) groups is 4. The summed E-state index contributed by atoms with van der Waals surface area (Å²) in [5.41, 5.74) is 1.28. The maximum atomic E-state index is 13.0. The third kappa shape index (κ3) is 4.08. The van der Waals surface area contributed by atoms with Crippen LogP contribution < -0.4 is 4.90 Å². The lowest BCUT2D eigenvalue weighted by atomic mass is 10.1. The van der Waals surface area contributed by atoms with Crippen LogP contribution in [0.2, 0.25) is 0 Å². The SMILES string of the molecule is COC(=O)Cc1csc(N(C)C(=O)c2ccc3c(c2)C(=O)N(CC2CCCO2)C3=O)n1. The number of ether oxygens (including phenoxy) is 2. The van der Waals surface area contributed by atoms with E-state index in [-0.39, 0.29) is 47.6 Å². The second kappa shape index (κ2) is 8.56. The number of aromatic nitrogens is 1. The molecule has 2 aliphatic rings. The Morgan fingerprint density at radius 1 is 1.29 bits per heavy atom. The number of esters is 1. The molecule has 0 spiro atoms. The van der Waals surface area contributed by atoms with Crippen LogP contribution in [-0.4, -0.2) is 67.0 Å². The molecule has 1 aromatic carbocycles. The molecule has 31 heavy (non-hydrogen) atoms. The molecular formula is C21H21N3O6S. The molecule has 0 radical (unpaired) electrons. The fourth-order valence-corrected chi connectivity index (χ4v) is 4.40. The first-order valence-electron chi connectivity index (χ1n) is 9.80. The van der Waals surface area contributed by atoms with Crippen molar-refractivity contribution in [1.29, 1.82) is 0 Å². The molecular weight excluding hydrogens is 422 g/mol. The minimum Gasteiger partial charge on any atom is -0.469 e. The molecule has 162 valence electrons. The van der Waals surface area contributed by atoms with Gasteiger partial charge in [0.1, 0.15) is 0 Å². The highest BCUT2D eigenvalue weighted by Crippen LogP contribution is 2.27. The van der Waals surface area contributed by atoms with Crippen molar-refractivity contribution in [2.45, 2.75) is 25.4 Å². The topological polar surface area (TPSA) is 106 Å². The summed E-state index contributed by atoms with van der Waals surface area (Å²) in [5.74, 6) is -1.57. The molecule has 3 heterocycles. The van der Waals surface area contributed by atoms with E-state index in [0.29, 0.717) is 17.4 Å². The molecule has 0 N–H and O–H groups in total. The predicted molar refractivity (Wildman–Crippen MR) is 111 cm³/mol. The maximum absolute atomic E-state index is 13.0. The van der Waals surface area contributed by atoms with E-state index in [9.17, 15) is 19.2 Å². The van der Waals surface area contributed by atoms with Crippen LogP contribution in [0.15, 0.2) is 23.6 Å². The van der Waals surface area contributed by atoms with Crippen molar-refractivity contribution < 1.29 is 28.7 Å². The summed E-state index contributed by atoms with van der Waals surface area (Å²) in [6, 6.07) is 4.49. The van der Waals surface area contributed by atoms with E-state index in [2.05, 4.69) is 9.72 Å². The number of hydrogen-bond acceptors (Lipinski definition) is 8. The van der Waals surface area contributed by atoms with Crippen molar-refractivity contribution in [1.82, 2.24) is 9.88 Å². The average molecular weight is 443 g/mol. The van der Waals surface area contributed by atoms with Gasteiger partial charge in [0.05, 0.1) is 43.0 Å². The first kappa shape index (κ1) is 21.1. The van der Waals surface area contributed by atoms with Crippen LogP contribution in [0, 0.1) is 0 Å². The fraction of sp³-hybridized carbons (Fsp3) is 0.381. The van der Waals surface area contributed by atoms with Crippen LogP contribution >= 0.6 is 11.3 Å². The summed E-state index contributed by atoms with van der Waals surface area (Å²) in [6.45, 7) is 0.856. The largest absolute Gasteiger partial charge is 0.469 e. The quantitative estimate of drug-likeness (QED) is 0.496. The Morgan fingerprint density at radius 2 is 2.06 bits per heavy atom. The van der Waals surface area contributed by atoms with Gasteiger partial charge in [-0.15, -0.1) is 11.3 Å². The molecule has 3 amide bonds. The molecule has 2 aromatic rings. The normalized spacial score (nSPS) is 17.7. The van der Waals surface area contributed by atoms with Gasteiger partial charge in [-0.1, -0.05) is 0 Å². The number of amides is 3. The lowest BCUT2D eigenvalue weighted by Gasteiger charge is -2.17. The van der Waals surface area contributed by atoms with E-state index >= 15 is 0 Å². The molecule has 1 fully saturated rings. The van der Waals surface area contributed by atoms with E-state index in [0.717, 1.165) is 12.8 Å². The number of anilines is 1. The molecule has 1 unspecified atom stereocenters. The van der Waals surface area contributed by atoms with Gasteiger partial charge in [0, 0.05) is 24.6 Å². The van der Waals surface area contributed by atoms with Gasteiger partial charge in [0.2, 0.25) is 0 Å². The Labute approximate surface area is 182 Å². The van der Waals surface area contributed by atoms with E-state index < -0.39 is 11.9 Å². The smallest absolute Gasteiger partial charge is 0.311 e. The van der Waals surface area contributed by atoms with Crippen LogP contribution in [0.5, 0.6) is 0 Å². The molecule has 1 saturated heterocycles. The Kier molecular flexibility index (Phi) is 5.84. The number of fused-ring (bicyclic) bond motifs is 1. The highest BCUT2D eigenvalue weighted by molar-refractivity contribution is 7.14. The third-order valence-corrected chi connectivity index (χ3v) is 6.28. The third-order valence-electron chi connectivity index (χ3n) is 5.31. The van der Waals surface area contributed by atoms with Crippen molar-refractivity contribution in [2.75, 3.05) is 32.2 Å². The van der Waals surface area contributed by atoms with Crippen molar-refractivity contribution in [3.8, 4) is 0 Å². The molecule has 2 aliphatic heterocycles. The number of methoxy groups -OCH3 is 1. The van der Waals surface area contributed by atoms with Crippen LogP contribution in [0.3, 0.4) is 0 Å². The Bertz CT molecular complexity index is 1060. The van der Waals surface area contributed by atoms with Crippen LogP contribution in [0.25, 0.3) is 0 Å². The summed E-state index contributed by atoms with van der Waals surface area (Å²) in [6.07, 6.45) is 1.61. The molecule has 0 bridgehead atoms. The van der Waals surface area contributed by atoms with Crippen LogP contribution in [0.1, 0.15) is 49.6 Å². The monoisotopic (exact) mass is 443 g/mol. The number of hydrogen-bond donors (Lipinski definition) is 0. The summed E-state index contributed by atoms with van der Waals surface area (Å²) >= 11 is 1.22. The number of carbonyl (C=O) groups excluding carboxylic acids is 4. The van der Waals surface area contributed by atoms with Crippen molar-refractivity contribution in [2.24, 2.45) is 0 Å². The Balaban J connectivity index is 1.51. The minimum absolute atomic E-state index is 0.0189. The molecule has 4 rings (SSSR count). The standard InChI is InChI=1S/C21H21N3O6S/c1-23(21-22-13(11-31-21)9-17(25)29-2)18(26)12-5-6-15-16(8-12)20(28)24(19(15)27)10-14-4-3-7-30-14/h5-6,8,11,14H,3-4,7,9-10H2,1-2H3. The van der Waals surface area contributed by atoms with E-state index in [1.54, 1.807) is 12.4 Å². The minimum atomic E-state index is -0.416. The number of thiazole rings is 1. The average Bonchev–Trinajstić information content (AvgIpc) is 3.51. The Morgan fingerprint density at radius 3 is 2.77 bits per heavy atom. The molecule has 0 aliphatic carbocycles. The zero-order valence-corrected chi connectivity index (χ0v) is 17.9. The zero-order valence-electron chi connectivity index (χ0n) is 17.1. The van der Waals surface area contributed by atoms with E-state index in [1.807, 2.05) is 0 Å². The summed E-state index contributed by atoms with van der Waals surface area (Å²) in [5, 5.41) is 2.09. The summed E-state index contributed by atoms with van der Waals surface area (Å²) in [7, 11) is 2.86. The van der Waals surface area contributed by atoms with Crippen molar-refractivity contribution in [3.05, 3.63) is 46.0 Å².